The Morgan fingerprint density at radius 2 is 2.08 bits per heavy atom. The minimum atomic E-state index is -0.0424. The van der Waals surface area contributed by atoms with Gasteiger partial charge in [0.25, 0.3) is 0 Å². The lowest BCUT2D eigenvalue weighted by Gasteiger charge is -2.45. The van der Waals surface area contributed by atoms with Crippen molar-refractivity contribution < 1.29 is 14.6 Å². The molecule has 1 atom stereocenters. The standard InChI is InChI=1S/C19H27N3O3/c1-4-5-15-10-14(11-17(25-3)18(15)23)12-21-7-9-22-8-6-20(2)19(24)16(22)13-21/h4,10-11,16,23H,1,5-9,12-13H2,2-3H3. The summed E-state index contributed by atoms with van der Waals surface area (Å²) in [4.78, 5) is 18.9. The van der Waals surface area contributed by atoms with E-state index in [1.807, 2.05) is 24.1 Å². The Morgan fingerprint density at radius 3 is 2.80 bits per heavy atom. The third-order valence-corrected chi connectivity index (χ3v) is 5.16. The van der Waals surface area contributed by atoms with Crippen molar-refractivity contribution in [2.75, 3.05) is 46.9 Å². The fourth-order valence-corrected chi connectivity index (χ4v) is 3.71. The number of piperazine rings is 2. The van der Waals surface area contributed by atoms with Crippen molar-refractivity contribution in [2.45, 2.75) is 19.0 Å². The summed E-state index contributed by atoms with van der Waals surface area (Å²) in [6.45, 7) is 8.85. The first-order chi connectivity index (χ1) is 12.0. The minimum absolute atomic E-state index is 0.0424. The average Bonchev–Trinajstić information content (AvgIpc) is 2.61. The number of amides is 1. The first kappa shape index (κ1) is 17.8. The molecule has 0 aliphatic carbocycles. The molecule has 2 aliphatic heterocycles. The second-order valence-electron chi connectivity index (χ2n) is 6.85. The summed E-state index contributed by atoms with van der Waals surface area (Å²) in [5, 5.41) is 10.2. The summed E-state index contributed by atoms with van der Waals surface area (Å²) in [5.41, 5.74) is 1.90. The van der Waals surface area contributed by atoms with Crippen molar-refractivity contribution in [3.8, 4) is 11.5 Å². The molecule has 1 aromatic carbocycles. The summed E-state index contributed by atoms with van der Waals surface area (Å²) in [6.07, 6.45) is 2.36. The SMILES string of the molecule is C=CCc1cc(CN2CCN3CCN(C)C(=O)C3C2)cc(OC)c1O. The summed E-state index contributed by atoms with van der Waals surface area (Å²) >= 11 is 0. The first-order valence-electron chi connectivity index (χ1n) is 8.74. The average molecular weight is 345 g/mol. The van der Waals surface area contributed by atoms with Crippen molar-refractivity contribution in [3.63, 3.8) is 0 Å². The molecule has 6 heteroatoms. The molecular weight excluding hydrogens is 318 g/mol. The number of aromatic hydroxyl groups is 1. The Bertz CT molecular complexity index is 662. The summed E-state index contributed by atoms with van der Waals surface area (Å²) in [6, 6.07) is 3.84. The smallest absolute Gasteiger partial charge is 0.241 e. The number of hydrogen-bond acceptors (Lipinski definition) is 5. The van der Waals surface area contributed by atoms with Crippen molar-refractivity contribution >= 4 is 5.91 Å². The number of ether oxygens (including phenoxy) is 1. The molecule has 2 aliphatic rings. The van der Waals surface area contributed by atoms with E-state index in [1.54, 1.807) is 13.2 Å². The van der Waals surface area contributed by atoms with Gasteiger partial charge in [0.15, 0.2) is 11.5 Å². The number of rotatable bonds is 5. The Kier molecular flexibility index (Phi) is 5.30. The van der Waals surface area contributed by atoms with Crippen LogP contribution < -0.4 is 4.74 Å². The van der Waals surface area contributed by atoms with E-state index in [0.717, 1.165) is 50.4 Å². The number of phenolic OH excluding ortho intramolecular Hbond substituents is 1. The monoisotopic (exact) mass is 345 g/mol. The molecule has 136 valence electrons. The predicted molar refractivity (Wildman–Crippen MR) is 96.8 cm³/mol. The van der Waals surface area contributed by atoms with E-state index >= 15 is 0 Å². The normalized spacial score (nSPS) is 21.9. The highest BCUT2D eigenvalue weighted by molar-refractivity contribution is 5.82. The van der Waals surface area contributed by atoms with Crippen LogP contribution in [-0.2, 0) is 17.8 Å². The number of methoxy groups -OCH3 is 1. The molecule has 2 fully saturated rings. The van der Waals surface area contributed by atoms with Crippen LogP contribution in [0, 0.1) is 0 Å². The molecule has 0 saturated carbocycles. The summed E-state index contributed by atoms with van der Waals surface area (Å²) < 4.78 is 5.31. The van der Waals surface area contributed by atoms with E-state index in [-0.39, 0.29) is 17.7 Å². The fourth-order valence-electron chi connectivity index (χ4n) is 3.71. The molecule has 1 N–H and O–H groups in total. The van der Waals surface area contributed by atoms with E-state index < -0.39 is 0 Å². The third-order valence-electron chi connectivity index (χ3n) is 5.16. The van der Waals surface area contributed by atoms with Gasteiger partial charge in [0.05, 0.1) is 7.11 Å². The minimum Gasteiger partial charge on any atom is -0.504 e. The van der Waals surface area contributed by atoms with Gasteiger partial charge in [-0.05, 0) is 18.1 Å². The van der Waals surface area contributed by atoms with E-state index in [1.165, 1.54) is 0 Å². The molecule has 0 spiro atoms. The lowest BCUT2D eigenvalue weighted by molar-refractivity contribution is -0.143. The van der Waals surface area contributed by atoms with Gasteiger partial charge in [-0.15, -0.1) is 6.58 Å². The van der Waals surface area contributed by atoms with Crippen molar-refractivity contribution in [2.24, 2.45) is 0 Å². The summed E-state index contributed by atoms with van der Waals surface area (Å²) in [5.74, 6) is 0.882. The topological polar surface area (TPSA) is 56.2 Å². The van der Waals surface area contributed by atoms with E-state index in [4.69, 9.17) is 4.74 Å². The van der Waals surface area contributed by atoms with E-state index in [9.17, 15) is 9.90 Å². The van der Waals surface area contributed by atoms with Gasteiger partial charge >= 0.3 is 0 Å². The molecular formula is C19H27N3O3. The molecule has 2 saturated heterocycles. The number of hydrogen-bond donors (Lipinski definition) is 1. The maximum atomic E-state index is 12.4. The Labute approximate surface area is 149 Å². The number of allylic oxidation sites excluding steroid dienone is 1. The number of benzene rings is 1. The Hall–Kier alpha value is -2.05. The predicted octanol–water partition coefficient (Wildman–Crippen LogP) is 1.09. The Morgan fingerprint density at radius 1 is 1.32 bits per heavy atom. The van der Waals surface area contributed by atoms with Crippen LogP contribution in [0.3, 0.4) is 0 Å². The molecule has 25 heavy (non-hydrogen) atoms. The van der Waals surface area contributed by atoms with Crippen LogP contribution in [0.2, 0.25) is 0 Å². The zero-order valence-corrected chi connectivity index (χ0v) is 15.1. The van der Waals surface area contributed by atoms with Crippen LogP contribution in [0.1, 0.15) is 11.1 Å². The lowest BCUT2D eigenvalue weighted by Crippen LogP contribution is -2.63. The second kappa shape index (κ2) is 7.45. The van der Waals surface area contributed by atoms with Crippen LogP contribution in [0.15, 0.2) is 24.8 Å². The quantitative estimate of drug-likeness (QED) is 0.810. The maximum Gasteiger partial charge on any atom is 0.241 e. The zero-order chi connectivity index (χ0) is 18.0. The van der Waals surface area contributed by atoms with Gasteiger partial charge in [0.2, 0.25) is 5.91 Å². The first-order valence-corrected chi connectivity index (χ1v) is 8.74. The molecule has 3 rings (SSSR count). The van der Waals surface area contributed by atoms with Crippen molar-refractivity contribution in [1.82, 2.24) is 14.7 Å². The maximum absolute atomic E-state index is 12.4. The van der Waals surface area contributed by atoms with Gasteiger partial charge in [-0.1, -0.05) is 12.1 Å². The van der Waals surface area contributed by atoms with E-state index in [0.29, 0.717) is 12.2 Å². The zero-order valence-electron chi connectivity index (χ0n) is 15.1. The van der Waals surface area contributed by atoms with Gasteiger partial charge < -0.3 is 14.7 Å². The van der Waals surface area contributed by atoms with Crippen LogP contribution in [0.25, 0.3) is 0 Å². The molecule has 1 unspecified atom stereocenters. The van der Waals surface area contributed by atoms with Gasteiger partial charge in [-0.2, -0.15) is 0 Å². The van der Waals surface area contributed by atoms with Gasteiger partial charge in [-0.3, -0.25) is 14.6 Å². The molecule has 1 aromatic rings. The molecule has 0 radical (unpaired) electrons. The number of fused-ring (bicyclic) bond motifs is 1. The highest BCUT2D eigenvalue weighted by Gasteiger charge is 2.37. The largest absolute Gasteiger partial charge is 0.504 e. The van der Waals surface area contributed by atoms with Crippen molar-refractivity contribution in [1.29, 1.82) is 0 Å². The number of likely N-dealkylation sites (N-methyl/N-ethyl adjacent to an activating group) is 1. The fraction of sp³-hybridized carbons (Fsp3) is 0.526. The van der Waals surface area contributed by atoms with E-state index in [2.05, 4.69) is 16.4 Å². The van der Waals surface area contributed by atoms with Crippen LogP contribution in [0.5, 0.6) is 11.5 Å². The van der Waals surface area contributed by atoms with Gasteiger partial charge in [-0.25, -0.2) is 0 Å². The number of phenols is 1. The van der Waals surface area contributed by atoms with Crippen molar-refractivity contribution in [3.05, 3.63) is 35.9 Å². The summed E-state index contributed by atoms with van der Waals surface area (Å²) in [7, 11) is 3.44. The molecule has 0 aromatic heterocycles. The van der Waals surface area contributed by atoms with Gasteiger partial charge in [0.1, 0.15) is 6.04 Å². The highest BCUT2D eigenvalue weighted by Crippen LogP contribution is 2.32. The van der Waals surface area contributed by atoms with Crippen LogP contribution in [-0.4, -0.2) is 78.6 Å². The lowest BCUT2D eigenvalue weighted by atomic mass is 10.0. The highest BCUT2D eigenvalue weighted by atomic mass is 16.5. The number of carbonyl (C=O) groups excluding carboxylic acids is 1. The van der Waals surface area contributed by atoms with Crippen LogP contribution in [0.4, 0.5) is 0 Å². The number of carbonyl (C=O) groups is 1. The van der Waals surface area contributed by atoms with Crippen LogP contribution >= 0.6 is 0 Å². The molecule has 0 bridgehead atoms. The van der Waals surface area contributed by atoms with Gasteiger partial charge in [0, 0.05) is 51.9 Å². The Balaban J connectivity index is 1.75. The second-order valence-corrected chi connectivity index (χ2v) is 6.85. The molecule has 6 nitrogen and oxygen atoms in total. The molecule has 1 amide bonds. The number of nitrogens with zero attached hydrogens (tertiary/aromatic N) is 3. The third kappa shape index (κ3) is 3.65. The molecule has 2 heterocycles.